The third-order valence-corrected chi connectivity index (χ3v) is 4.68. The summed E-state index contributed by atoms with van der Waals surface area (Å²) in [5.74, 6) is 1.01. The molecule has 1 amide bonds. The van der Waals surface area contributed by atoms with Gasteiger partial charge in [-0.15, -0.1) is 0 Å². The summed E-state index contributed by atoms with van der Waals surface area (Å²) in [7, 11) is 1.38. The minimum absolute atomic E-state index is 0.0782. The Bertz CT molecular complexity index is 910. The monoisotopic (exact) mass is 361 g/mol. The Kier molecular flexibility index (Phi) is 5.06. The number of rotatable bonds is 4. The third-order valence-electron chi connectivity index (χ3n) is 4.68. The minimum Gasteiger partial charge on any atom is -0.337 e. The lowest BCUT2D eigenvalue weighted by atomic mass is 10.0. The number of amides is 1. The maximum atomic E-state index is 12.8. The molecule has 26 heavy (non-hydrogen) atoms. The highest BCUT2D eigenvalue weighted by Gasteiger charge is 2.32. The van der Waals surface area contributed by atoms with E-state index in [4.69, 9.17) is 4.52 Å². The summed E-state index contributed by atoms with van der Waals surface area (Å²) in [6, 6.07) is -0.275. The molecule has 0 aliphatic carbocycles. The molecule has 1 fully saturated rings. The maximum Gasteiger partial charge on any atom is 0.328 e. The first kappa shape index (κ1) is 18.1. The first-order chi connectivity index (χ1) is 12.4. The Morgan fingerprint density at radius 3 is 2.85 bits per heavy atom. The van der Waals surface area contributed by atoms with Crippen LogP contribution in [0.3, 0.4) is 0 Å². The summed E-state index contributed by atoms with van der Waals surface area (Å²) in [4.78, 5) is 45.1. The zero-order chi connectivity index (χ0) is 18.8. The number of aromatic amines is 1. The number of hydrogen-bond acceptors (Lipinski definition) is 6. The quantitative estimate of drug-likeness (QED) is 0.864. The van der Waals surface area contributed by atoms with Crippen LogP contribution in [-0.4, -0.2) is 37.0 Å². The van der Waals surface area contributed by atoms with Crippen molar-refractivity contribution in [2.45, 2.75) is 51.5 Å². The number of nitrogens with one attached hydrogen (secondary N) is 1. The fourth-order valence-electron chi connectivity index (χ4n) is 3.11. The van der Waals surface area contributed by atoms with Gasteiger partial charge < -0.3 is 14.4 Å². The van der Waals surface area contributed by atoms with Gasteiger partial charge in [-0.2, -0.15) is 4.98 Å². The van der Waals surface area contributed by atoms with Gasteiger partial charge in [-0.25, -0.2) is 4.79 Å². The van der Waals surface area contributed by atoms with Gasteiger partial charge in [-0.05, 0) is 19.3 Å². The highest BCUT2D eigenvalue weighted by atomic mass is 16.5. The van der Waals surface area contributed by atoms with E-state index < -0.39 is 11.2 Å². The van der Waals surface area contributed by atoms with Crippen molar-refractivity contribution in [1.29, 1.82) is 0 Å². The summed E-state index contributed by atoms with van der Waals surface area (Å²) >= 11 is 0. The Morgan fingerprint density at radius 2 is 2.15 bits per heavy atom. The topological polar surface area (TPSA) is 114 Å². The summed E-state index contributed by atoms with van der Waals surface area (Å²) in [6.45, 7) is 4.53. The normalized spacial score (nSPS) is 17.7. The second-order valence-corrected chi connectivity index (χ2v) is 6.90. The van der Waals surface area contributed by atoms with Gasteiger partial charge in [0.25, 0.3) is 5.56 Å². The molecule has 140 valence electrons. The zero-order valence-corrected chi connectivity index (χ0v) is 15.2. The maximum absolute atomic E-state index is 12.8. The molecule has 0 radical (unpaired) electrons. The fourth-order valence-corrected chi connectivity index (χ4v) is 3.11. The van der Waals surface area contributed by atoms with Gasteiger partial charge >= 0.3 is 5.69 Å². The fraction of sp³-hybridized carbons (Fsp3) is 0.588. The molecule has 0 saturated carbocycles. The molecule has 1 saturated heterocycles. The summed E-state index contributed by atoms with van der Waals surface area (Å²) in [5.41, 5.74) is -0.709. The number of H-pyrrole nitrogens is 1. The lowest BCUT2D eigenvalue weighted by Gasteiger charge is -2.33. The number of aromatic nitrogens is 4. The molecule has 2 aromatic rings. The predicted molar refractivity (Wildman–Crippen MR) is 92.7 cm³/mol. The van der Waals surface area contributed by atoms with E-state index in [0.717, 1.165) is 23.8 Å². The van der Waals surface area contributed by atoms with Gasteiger partial charge in [0.2, 0.25) is 11.8 Å². The SMILES string of the molecule is CC(C)c1noc(C2CCCCN2C(=O)Cc2c[nH]c(=O)n(C)c2=O)n1. The Morgan fingerprint density at radius 1 is 1.38 bits per heavy atom. The van der Waals surface area contributed by atoms with E-state index >= 15 is 0 Å². The van der Waals surface area contributed by atoms with Crippen LogP contribution in [0.1, 0.15) is 62.3 Å². The van der Waals surface area contributed by atoms with Crippen LogP contribution in [0.25, 0.3) is 0 Å². The van der Waals surface area contributed by atoms with Crippen molar-refractivity contribution in [1.82, 2.24) is 24.6 Å². The predicted octanol–water partition coefficient (Wildman–Crippen LogP) is 0.876. The standard InChI is InChI=1S/C17H23N5O4/c1-10(2)14-19-15(26-20-14)12-6-4-5-7-22(12)13(23)8-11-9-18-17(25)21(3)16(11)24/h9-10,12H,4-8H2,1-3H3,(H,18,25). The second kappa shape index (κ2) is 7.27. The first-order valence-corrected chi connectivity index (χ1v) is 8.79. The van der Waals surface area contributed by atoms with Crippen LogP contribution < -0.4 is 11.2 Å². The molecule has 0 bridgehead atoms. The van der Waals surface area contributed by atoms with Crippen molar-refractivity contribution < 1.29 is 9.32 Å². The molecule has 0 spiro atoms. The smallest absolute Gasteiger partial charge is 0.328 e. The van der Waals surface area contributed by atoms with E-state index in [1.54, 1.807) is 4.90 Å². The van der Waals surface area contributed by atoms with Crippen LogP contribution in [0.15, 0.2) is 20.3 Å². The van der Waals surface area contributed by atoms with Crippen molar-refractivity contribution in [3.05, 3.63) is 44.3 Å². The van der Waals surface area contributed by atoms with Crippen molar-refractivity contribution in [2.24, 2.45) is 7.05 Å². The molecular weight excluding hydrogens is 338 g/mol. The number of hydrogen-bond donors (Lipinski definition) is 1. The number of carbonyl (C=O) groups excluding carboxylic acids is 1. The van der Waals surface area contributed by atoms with Crippen molar-refractivity contribution in [3.63, 3.8) is 0 Å². The number of likely N-dealkylation sites (tertiary alicyclic amines) is 1. The molecule has 1 aliphatic rings. The second-order valence-electron chi connectivity index (χ2n) is 6.90. The average Bonchev–Trinajstić information content (AvgIpc) is 3.12. The summed E-state index contributed by atoms with van der Waals surface area (Å²) in [6.07, 6.45) is 3.83. The van der Waals surface area contributed by atoms with Gasteiger partial charge in [0.05, 0.1) is 6.42 Å². The minimum atomic E-state index is -0.505. The molecule has 9 heteroatoms. The van der Waals surface area contributed by atoms with Crippen molar-refractivity contribution in [2.75, 3.05) is 6.54 Å². The molecule has 2 aromatic heterocycles. The van der Waals surface area contributed by atoms with E-state index in [1.165, 1.54) is 13.2 Å². The van der Waals surface area contributed by atoms with Gasteiger partial charge in [-0.3, -0.25) is 14.2 Å². The van der Waals surface area contributed by atoms with Gasteiger partial charge in [0.15, 0.2) is 5.82 Å². The third kappa shape index (κ3) is 3.47. The van der Waals surface area contributed by atoms with Crippen LogP contribution in [-0.2, 0) is 18.3 Å². The summed E-state index contributed by atoms with van der Waals surface area (Å²) in [5, 5.41) is 3.99. The van der Waals surface area contributed by atoms with Crippen molar-refractivity contribution >= 4 is 5.91 Å². The molecular formula is C17H23N5O4. The van der Waals surface area contributed by atoms with Gasteiger partial charge in [0, 0.05) is 31.3 Å². The number of nitrogens with zero attached hydrogens (tertiary/aromatic N) is 4. The molecule has 1 aliphatic heterocycles. The van der Waals surface area contributed by atoms with E-state index in [1.807, 2.05) is 13.8 Å². The lowest BCUT2D eigenvalue weighted by molar-refractivity contribution is -0.135. The van der Waals surface area contributed by atoms with E-state index in [0.29, 0.717) is 18.3 Å². The zero-order valence-electron chi connectivity index (χ0n) is 15.2. The molecule has 3 rings (SSSR count). The van der Waals surface area contributed by atoms with E-state index in [9.17, 15) is 14.4 Å². The molecule has 1 unspecified atom stereocenters. The van der Waals surface area contributed by atoms with Gasteiger partial charge in [-0.1, -0.05) is 19.0 Å². The Balaban J connectivity index is 1.83. The molecule has 3 heterocycles. The average molecular weight is 361 g/mol. The van der Waals surface area contributed by atoms with E-state index in [2.05, 4.69) is 15.1 Å². The van der Waals surface area contributed by atoms with Crippen LogP contribution >= 0.6 is 0 Å². The molecule has 9 nitrogen and oxygen atoms in total. The van der Waals surface area contributed by atoms with Crippen molar-refractivity contribution in [3.8, 4) is 0 Å². The number of carbonyl (C=O) groups is 1. The summed E-state index contributed by atoms with van der Waals surface area (Å²) < 4.78 is 6.35. The van der Waals surface area contributed by atoms with Gasteiger partial charge in [0.1, 0.15) is 6.04 Å². The van der Waals surface area contributed by atoms with Crippen LogP contribution in [0, 0.1) is 0 Å². The molecule has 1 atom stereocenters. The first-order valence-electron chi connectivity index (χ1n) is 8.79. The molecule has 1 N–H and O–H groups in total. The van der Waals surface area contributed by atoms with E-state index in [-0.39, 0.29) is 29.9 Å². The lowest BCUT2D eigenvalue weighted by Crippen LogP contribution is -2.41. The Hall–Kier alpha value is -2.71. The largest absolute Gasteiger partial charge is 0.337 e. The Labute approximate surface area is 150 Å². The highest BCUT2D eigenvalue weighted by Crippen LogP contribution is 2.31. The highest BCUT2D eigenvalue weighted by molar-refractivity contribution is 5.79. The van der Waals surface area contributed by atoms with Crippen LogP contribution in [0.2, 0.25) is 0 Å². The molecule has 0 aromatic carbocycles. The van der Waals surface area contributed by atoms with Crippen LogP contribution in [0.5, 0.6) is 0 Å². The van der Waals surface area contributed by atoms with Crippen LogP contribution in [0.4, 0.5) is 0 Å². The number of piperidine rings is 1.